The summed E-state index contributed by atoms with van der Waals surface area (Å²) in [4.78, 5) is 11.2. The molecule has 0 spiro atoms. The maximum atomic E-state index is 11.2. The van der Waals surface area contributed by atoms with E-state index in [0.29, 0.717) is 12.4 Å². The van der Waals surface area contributed by atoms with E-state index in [1.165, 1.54) is 0 Å². The third-order valence-electron chi connectivity index (χ3n) is 2.81. The number of ether oxygens (including phenoxy) is 2. The van der Waals surface area contributed by atoms with Gasteiger partial charge in [0, 0.05) is 0 Å². The quantitative estimate of drug-likeness (QED) is 0.597. The van der Waals surface area contributed by atoms with Gasteiger partial charge in [-0.25, -0.2) is 4.79 Å². The Morgan fingerprint density at radius 1 is 0.952 bits per heavy atom. The number of hydrogen-bond donors (Lipinski definition) is 0. The van der Waals surface area contributed by atoms with Crippen LogP contribution in [-0.4, -0.2) is 19.2 Å². The molecule has 0 atom stereocenters. The van der Waals surface area contributed by atoms with Crippen molar-refractivity contribution in [3.63, 3.8) is 0 Å². The molecular weight excluding hydrogens is 264 g/mol. The largest absolute Gasteiger partial charge is 0.482 e. The molecule has 0 aliphatic rings. The van der Waals surface area contributed by atoms with E-state index < -0.39 is 0 Å². The van der Waals surface area contributed by atoms with Crippen molar-refractivity contribution >= 4 is 18.1 Å². The third-order valence-corrected chi connectivity index (χ3v) is 2.81. The molecule has 0 radical (unpaired) electrons. The predicted octanol–water partition coefficient (Wildman–Crippen LogP) is 3.80. The molecule has 2 aromatic rings. The van der Waals surface area contributed by atoms with Crippen LogP contribution in [0.4, 0.5) is 0 Å². The van der Waals surface area contributed by atoms with Crippen LogP contribution in [0.5, 0.6) is 5.75 Å². The Morgan fingerprint density at radius 2 is 1.57 bits per heavy atom. The van der Waals surface area contributed by atoms with Gasteiger partial charge in [0.15, 0.2) is 6.61 Å². The molecule has 0 saturated heterocycles. The summed E-state index contributed by atoms with van der Waals surface area (Å²) in [6.45, 7) is 2.07. The lowest BCUT2D eigenvalue weighted by molar-refractivity contribution is -0.145. The highest BCUT2D eigenvalue weighted by Crippen LogP contribution is 2.14. The number of benzene rings is 2. The van der Waals surface area contributed by atoms with Gasteiger partial charge in [-0.1, -0.05) is 54.6 Å². The van der Waals surface area contributed by atoms with E-state index in [-0.39, 0.29) is 12.6 Å². The molecule has 0 N–H and O–H groups in total. The zero-order valence-electron chi connectivity index (χ0n) is 12.0. The molecule has 0 aliphatic heterocycles. The van der Waals surface area contributed by atoms with Crippen LogP contribution in [0.15, 0.2) is 54.6 Å². The molecule has 0 amide bonds. The number of hydrogen-bond acceptors (Lipinski definition) is 3. The molecular formula is C18H18O3. The van der Waals surface area contributed by atoms with Gasteiger partial charge in [0.25, 0.3) is 0 Å². The topological polar surface area (TPSA) is 35.5 Å². The van der Waals surface area contributed by atoms with E-state index in [2.05, 4.69) is 6.08 Å². The minimum absolute atomic E-state index is 0.0625. The van der Waals surface area contributed by atoms with Crippen LogP contribution in [0.1, 0.15) is 18.1 Å². The lowest BCUT2D eigenvalue weighted by Crippen LogP contribution is -2.14. The van der Waals surface area contributed by atoms with Crippen LogP contribution in [0.25, 0.3) is 12.2 Å². The Bertz CT molecular complexity index is 586. The summed E-state index contributed by atoms with van der Waals surface area (Å²) in [5.41, 5.74) is 2.22. The first kappa shape index (κ1) is 14.9. The van der Waals surface area contributed by atoms with E-state index in [1.807, 2.05) is 60.7 Å². The highest BCUT2D eigenvalue weighted by atomic mass is 16.6. The zero-order valence-corrected chi connectivity index (χ0v) is 12.0. The second-order valence-corrected chi connectivity index (χ2v) is 4.41. The maximum absolute atomic E-state index is 11.2. The monoisotopic (exact) mass is 282 g/mol. The summed E-state index contributed by atoms with van der Waals surface area (Å²) < 4.78 is 10.1. The maximum Gasteiger partial charge on any atom is 0.344 e. The minimum Gasteiger partial charge on any atom is -0.482 e. The van der Waals surface area contributed by atoms with Crippen molar-refractivity contribution in [1.82, 2.24) is 0 Å². The normalized spacial score (nSPS) is 10.5. The molecule has 0 bridgehead atoms. The molecule has 0 saturated carbocycles. The molecule has 2 aromatic carbocycles. The SMILES string of the molecule is CCOC(=O)COc1ccc(/C=C/c2ccccc2)cc1. The smallest absolute Gasteiger partial charge is 0.344 e. The van der Waals surface area contributed by atoms with Crippen LogP contribution in [-0.2, 0) is 9.53 Å². The van der Waals surface area contributed by atoms with E-state index in [4.69, 9.17) is 9.47 Å². The van der Waals surface area contributed by atoms with E-state index >= 15 is 0 Å². The first-order chi connectivity index (χ1) is 10.3. The predicted molar refractivity (Wildman–Crippen MR) is 83.9 cm³/mol. The van der Waals surface area contributed by atoms with Gasteiger partial charge in [-0.2, -0.15) is 0 Å². The fraction of sp³-hybridized carbons (Fsp3) is 0.167. The standard InChI is InChI=1S/C18H18O3/c1-2-20-18(19)14-21-17-12-10-16(11-13-17)9-8-15-6-4-3-5-7-15/h3-13H,2,14H2,1H3/b9-8+. The van der Waals surface area contributed by atoms with Crippen molar-refractivity contribution in [1.29, 1.82) is 0 Å². The van der Waals surface area contributed by atoms with Crippen LogP contribution in [0.2, 0.25) is 0 Å². The molecule has 0 heterocycles. The van der Waals surface area contributed by atoms with E-state index in [9.17, 15) is 4.79 Å². The highest BCUT2D eigenvalue weighted by molar-refractivity contribution is 5.71. The van der Waals surface area contributed by atoms with Crippen molar-refractivity contribution in [2.75, 3.05) is 13.2 Å². The Labute approximate surface area is 124 Å². The van der Waals surface area contributed by atoms with Crippen molar-refractivity contribution in [2.24, 2.45) is 0 Å². The Balaban J connectivity index is 1.90. The van der Waals surface area contributed by atoms with Crippen molar-refractivity contribution in [3.8, 4) is 5.75 Å². The van der Waals surface area contributed by atoms with Gasteiger partial charge in [0.2, 0.25) is 0 Å². The number of carbonyl (C=O) groups is 1. The lowest BCUT2D eigenvalue weighted by atomic mass is 10.1. The van der Waals surface area contributed by atoms with E-state index in [1.54, 1.807) is 6.92 Å². The number of carbonyl (C=O) groups excluding carboxylic acids is 1. The lowest BCUT2D eigenvalue weighted by Gasteiger charge is -2.05. The molecule has 3 nitrogen and oxygen atoms in total. The minimum atomic E-state index is -0.356. The summed E-state index contributed by atoms with van der Waals surface area (Å²) in [5.74, 6) is 0.297. The molecule has 21 heavy (non-hydrogen) atoms. The summed E-state index contributed by atoms with van der Waals surface area (Å²) in [6.07, 6.45) is 4.08. The molecule has 108 valence electrons. The Morgan fingerprint density at radius 3 is 2.19 bits per heavy atom. The summed E-state index contributed by atoms with van der Waals surface area (Å²) >= 11 is 0. The van der Waals surface area contributed by atoms with Crippen LogP contribution < -0.4 is 4.74 Å². The van der Waals surface area contributed by atoms with Gasteiger partial charge < -0.3 is 9.47 Å². The molecule has 0 aromatic heterocycles. The fourth-order valence-corrected chi connectivity index (χ4v) is 1.78. The molecule has 0 aliphatic carbocycles. The molecule has 0 fully saturated rings. The van der Waals surface area contributed by atoms with Crippen LogP contribution >= 0.6 is 0 Å². The number of esters is 1. The van der Waals surface area contributed by atoms with Crippen molar-refractivity contribution < 1.29 is 14.3 Å². The molecule has 2 rings (SSSR count). The average Bonchev–Trinajstić information content (AvgIpc) is 2.53. The van der Waals surface area contributed by atoms with E-state index in [0.717, 1.165) is 11.1 Å². The molecule has 0 unspecified atom stereocenters. The Kier molecular flexibility index (Phi) is 5.59. The van der Waals surface area contributed by atoms with Gasteiger partial charge in [-0.15, -0.1) is 0 Å². The summed E-state index contributed by atoms with van der Waals surface area (Å²) in [5, 5.41) is 0. The highest BCUT2D eigenvalue weighted by Gasteiger charge is 2.02. The summed E-state index contributed by atoms with van der Waals surface area (Å²) in [6, 6.07) is 17.7. The van der Waals surface area contributed by atoms with Gasteiger partial charge >= 0.3 is 5.97 Å². The van der Waals surface area contributed by atoms with Gasteiger partial charge in [0.1, 0.15) is 5.75 Å². The van der Waals surface area contributed by atoms with Crippen molar-refractivity contribution in [2.45, 2.75) is 6.92 Å². The van der Waals surface area contributed by atoms with Crippen LogP contribution in [0.3, 0.4) is 0 Å². The third kappa shape index (κ3) is 5.15. The van der Waals surface area contributed by atoms with Crippen molar-refractivity contribution in [3.05, 3.63) is 65.7 Å². The fourth-order valence-electron chi connectivity index (χ4n) is 1.78. The van der Waals surface area contributed by atoms with Gasteiger partial charge in [0.05, 0.1) is 6.61 Å². The Hall–Kier alpha value is -2.55. The zero-order chi connectivity index (χ0) is 14.9. The second-order valence-electron chi connectivity index (χ2n) is 4.41. The number of rotatable bonds is 6. The average molecular weight is 282 g/mol. The summed E-state index contributed by atoms with van der Waals surface area (Å²) in [7, 11) is 0. The van der Waals surface area contributed by atoms with Gasteiger partial charge in [-0.3, -0.25) is 0 Å². The van der Waals surface area contributed by atoms with Crippen LogP contribution in [0, 0.1) is 0 Å². The van der Waals surface area contributed by atoms with Gasteiger partial charge in [-0.05, 0) is 30.2 Å². The first-order valence-corrected chi connectivity index (χ1v) is 6.89. The first-order valence-electron chi connectivity index (χ1n) is 6.89. The second kappa shape index (κ2) is 7.90. The molecule has 3 heteroatoms.